The summed E-state index contributed by atoms with van der Waals surface area (Å²) >= 11 is 0. The van der Waals surface area contributed by atoms with Crippen LogP contribution in [0, 0.1) is 6.92 Å². The lowest BCUT2D eigenvalue weighted by molar-refractivity contribution is -0.138. The summed E-state index contributed by atoms with van der Waals surface area (Å²) in [6.45, 7) is 14.8. The smallest absolute Gasteiger partial charge is 0.312 e. The van der Waals surface area contributed by atoms with E-state index in [1.54, 1.807) is 66.9 Å². The number of amides is 18. The van der Waals surface area contributed by atoms with Crippen molar-refractivity contribution in [1.29, 1.82) is 0 Å². The highest BCUT2D eigenvalue weighted by atomic mass is 33.1. The number of carbonyl (C=O) groups is 17. The van der Waals surface area contributed by atoms with E-state index in [4.69, 9.17) is 39.1 Å². The topological polar surface area (TPSA) is 692 Å². The highest BCUT2D eigenvalue weighted by Crippen LogP contribution is 2.47. The van der Waals surface area contributed by atoms with Crippen molar-refractivity contribution < 1.29 is 96.5 Å². The Bertz CT molecular complexity index is 4900. The second kappa shape index (κ2) is 52.9. The fraction of sp³-hybridized carbons (Fsp3) is 0.539. The normalized spacial score (nSPS) is 19.6. The van der Waals surface area contributed by atoms with E-state index in [1.165, 1.54) is 55.4 Å². The van der Waals surface area contributed by atoms with Crippen molar-refractivity contribution in [2.75, 3.05) is 39.3 Å². The minimum atomic E-state index is -2.08. The van der Waals surface area contributed by atoms with Crippen LogP contribution in [0.25, 0.3) is 21.7 Å². The fourth-order valence-electron chi connectivity index (χ4n) is 14.8. The van der Waals surface area contributed by atoms with Crippen molar-refractivity contribution in [2.24, 2.45) is 34.4 Å². The van der Waals surface area contributed by atoms with Gasteiger partial charge >= 0.3 is 6.03 Å². The molecule has 1 unspecified atom stereocenters. The molecule has 0 bridgehead atoms. The van der Waals surface area contributed by atoms with Gasteiger partial charge in [0.1, 0.15) is 84.5 Å². The van der Waals surface area contributed by atoms with Crippen LogP contribution in [0.3, 0.4) is 0 Å². The molecule has 1 fully saturated rings. The molecule has 1 aromatic heterocycles. The van der Waals surface area contributed by atoms with Gasteiger partial charge in [-0.25, -0.2) is 4.79 Å². The first kappa shape index (κ1) is 110. The lowest BCUT2D eigenvalue weighted by Gasteiger charge is -2.39. The molecule has 0 saturated carbocycles. The molecule has 42 nitrogen and oxygen atoms in total. The van der Waals surface area contributed by atoms with Crippen LogP contribution < -0.4 is 119 Å². The third-order valence-electron chi connectivity index (χ3n) is 22.1. The molecule has 730 valence electrons. The number of nitrogens with two attached hydrogens (primary N) is 6. The van der Waals surface area contributed by atoms with Gasteiger partial charge in [0, 0.05) is 92.8 Å². The van der Waals surface area contributed by atoms with Crippen molar-refractivity contribution in [3.8, 4) is 5.75 Å². The predicted octanol–water partition coefficient (Wildman–Crippen LogP) is -2.23. The van der Waals surface area contributed by atoms with Crippen LogP contribution in [-0.4, -0.2) is 249 Å². The van der Waals surface area contributed by atoms with E-state index < -0.39 is 202 Å². The Morgan fingerprint density at radius 3 is 1.78 bits per heavy atom. The summed E-state index contributed by atoms with van der Waals surface area (Å²) in [4.78, 5) is 244. The van der Waals surface area contributed by atoms with Gasteiger partial charge in [-0.3, -0.25) is 82.0 Å². The molecule has 1 saturated heterocycles. The number of unbranched alkanes of at least 4 members (excludes halogenated alkanes) is 3. The number of aromatic amines is 1. The van der Waals surface area contributed by atoms with E-state index in [1.807, 2.05) is 31.2 Å². The number of rotatable bonds is 46. The molecule has 5 aromatic rings. The van der Waals surface area contributed by atoms with E-state index >= 15 is 28.8 Å². The van der Waals surface area contributed by atoms with Crippen molar-refractivity contribution in [1.82, 2.24) is 84.7 Å². The standard InChI is InChI=1S/C89H132N22O20S2/c1-48-21-19-24-59-57(47-99-70(48)59)44-65-78(122)102-61(25-13-17-37-96-50(3)113)76(120)110-73(88(8,9)133-132-87(6,7)72(100-52(5)115)83(127)107-67(46-69(93)117)80(124)109-71(49(2)112)82(126)105-65)84(128)106-63(42-53-29-32-58(33-30-53)131-40-36-91)77(121)103-64(43-54-28-31-55-22-11-12-23-56(55)41-54)81(125)111-89(10,34-15-16-35-90)85(129)108-62(26-14-18-38-97-51(4)114)75(119)104-66(45-68(92)116)79(123)101-60(74(94)118)27-20-39-98-86(95)130/h11-12,19,21-24,28-33,41,47,49,60-67,71-73,80,99,109,112,124H,13-18,20,25-27,34-40,42-46,90-91H2,1-10H3,(H2,92,116)(H2,93,117)(H2,94,118)(H,96,113)(H,97,114)(H,100,115)(H,101,123)(H,102,122)(H,103,121)(H,104,119)(H,105,126)(H,106,128)(H,107,127)(H,108,129)(H,110,120)(H,111,125)(H3,95,98,130)/t49-,60+,61+,62+,63+,64+,65+,66+,67+,71+,72-,73-,80?,89+/m1/s1. The van der Waals surface area contributed by atoms with E-state index in [0.29, 0.717) is 38.7 Å². The third-order valence-corrected chi connectivity index (χ3v) is 26.4. The Labute approximate surface area is 779 Å². The van der Waals surface area contributed by atoms with E-state index in [2.05, 4.69) is 84.7 Å². The van der Waals surface area contributed by atoms with Gasteiger partial charge in [-0.2, -0.15) is 0 Å². The molecule has 18 amide bonds. The van der Waals surface area contributed by atoms with Gasteiger partial charge in [0.25, 0.3) is 0 Å². The zero-order chi connectivity index (χ0) is 98.6. The summed E-state index contributed by atoms with van der Waals surface area (Å²) in [7, 11) is 1.84. The molecule has 4 aromatic carbocycles. The number of benzene rings is 4. The zero-order valence-electron chi connectivity index (χ0n) is 76.7. The van der Waals surface area contributed by atoms with Gasteiger partial charge in [0.15, 0.2) is 0 Å². The quantitative estimate of drug-likeness (QED) is 0.0145. The lowest BCUT2D eigenvalue weighted by Crippen LogP contribution is -2.65. The van der Waals surface area contributed by atoms with Crippen molar-refractivity contribution in [3.05, 3.63) is 113 Å². The molecule has 30 N–H and O–H groups in total. The minimum absolute atomic E-state index is 0.0234. The molecular formula is C89H132N22O20S2. The van der Waals surface area contributed by atoms with Gasteiger partial charge < -0.3 is 129 Å². The number of carbonyl (C=O) groups excluding carboxylic acids is 17. The molecule has 1 aliphatic rings. The number of aliphatic hydroxyl groups excluding tert-OH is 2. The summed E-state index contributed by atoms with van der Waals surface area (Å²) in [5.41, 5.74) is 34.7. The number of hydrogen-bond acceptors (Lipinski definition) is 25. The van der Waals surface area contributed by atoms with Crippen LogP contribution in [-0.2, 0) is 96.0 Å². The van der Waals surface area contributed by atoms with Crippen LogP contribution in [0.1, 0.15) is 168 Å². The second-order valence-corrected chi connectivity index (χ2v) is 37.8. The number of para-hydroxylation sites is 1. The maximum atomic E-state index is 16.4. The summed E-state index contributed by atoms with van der Waals surface area (Å²) in [6.07, 6.45) is -4.35. The first-order chi connectivity index (χ1) is 62.7. The van der Waals surface area contributed by atoms with Gasteiger partial charge in [-0.1, -0.05) is 94.4 Å². The van der Waals surface area contributed by atoms with Crippen molar-refractivity contribution in [3.63, 3.8) is 0 Å². The van der Waals surface area contributed by atoms with Crippen molar-refractivity contribution >= 4 is 144 Å². The average molecular weight is 1890 g/mol. The zero-order valence-corrected chi connectivity index (χ0v) is 78.4. The fourth-order valence-corrected chi connectivity index (χ4v) is 17.6. The summed E-state index contributed by atoms with van der Waals surface area (Å²) < 4.78 is 2.60. The van der Waals surface area contributed by atoms with Gasteiger partial charge in [-0.15, -0.1) is 0 Å². The number of urea groups is 1. The predicted molar refractivity (Wildman–Crippen MR) is 500 cm³/mol. The highest BCUT2D eigenvalue weighted by Gasteiger charge is 2.47. The molecule has 0 aliphatic carbocycles. The number of H-pyrrole nitrogens is 1. The maximum absolute atomic E-state index is 16.4. The number of hydrogen-bond donors (Lipinski definition) is 24. The second-order valence-electron chi connectivity index (χ2n) is 34.4. The third kappa shape index (κ3) is 35.7. The molecule has 44 heteroatoms. The van der Waals surface area contributed by atoms with E-state index in [0.717, 1.165) is 39.5 Å². The summed E-state index contributed by atoms with van der Waals surface area (Å²) in [5, 5.41) is 65.5. The minimum Gasteiger partial charge on any atom is -0.492 e. The van der Waals surface area contributed by atoms with E-state index in [-0.39, 0.29) is 135 Å². The number of nitrogens with one attached hydrogen (secondary N) is 16. The monoisotopic (exact) mass is 1890 g/mol. The number of ether oxygens (including phenoxy) is 1. The highest BCUT2D eigenvalue weighted by molar-refractivity contribution is 8.77. The van der Waals surface area contributed by atoms with Gasteiger partial charge in [0.05, 0.1) is 25.0 Å². The largest absolute Gasteiger partial charge is 0.492 e. The molecule has 1 aliphatic heterocycles. The van der Waals surface area contributed by atoms with Crippen molar-refractivity contribution in [2.45, 2.75) is 266 Å². The number of aromatic nitrogens is 1. The van der Waals surface area contributed by atoms with Crippen LogP contribution in [0.2, 0.25) is 0 Å². The molecule has 0 spiro atoms. The first-order valence-corrected chi connectivity index (χ1v) is 46.3. The number of primary amides is 4. The molecule has 14 atom stereocenters. The Hall–Kier alpha value is -12.2. The molecule has 133 heavy (non-hydrogen) atoms. The Morgan fingerprint density at radius 1 is 0.571 bits per heavy atom. The van der Waals surface area contributed by atoms with Crippen LogP contribution in [0.15, 0.2) is 91.1 Å². The molecule has 6 rings (SSSR count). The summed E-state index contributed by atoms with van der Waals surface area (Å²) in [6, 6.07) is 4.85. The SMILES string of the molecule is CC(=O)NCCCC[C@@H]1NC(=O)[C@H](Cc2c[nH]c3c(C)cccc23)NC(=O)[C@H]([C@@H](C)O)NC(O)[C@H](CC(N)=O)NC(=O)[C@@H](NC(C)=O)C(C)(C)SSC(C)(C)[C@@H](C(=O)N[C@@H](Cc2ccc(OCCN)cc2)C(=O)N[C@@H](Cc2ccc3ccccc3c2)C(=O)N[C@@](C)(CCCCN)C(=O)N[C@@H](CCCCNC(C)=O)C(=O)N[C@@H](CC(N)=O)C(=O)N[C@@H](CCCNC(N)=O)C(N)=O)NC1=O. The van der Waals surface area contributed by atoms with Gasteiger partial charge in [0.2, 0.25) is 94.5 Å². The van der Waals surface area contributed by atoms with E-state index in [9.17, 15) is 63.0 Å². The number of fused-ring (bicyclic) bond motifs is 2. The Morgan fingerprint density at radius 2 is 1.16 bits per heavy atom. The lowest BCUT2D eigenvalue weighted by atomic mass is 9.91. The number of aryl methyl sites for hydroxylation is 1. The molecule has 0 radical (unpaired) electrons. The van der Waals surface area contributed by atoms with Crippen LogP contribution in [0.5, 0.6) is 5.75 Å². The van der Waals surface area contributed by atoms with Crippen LogP contribution >= 0.6 is 21.6 Å². The Kier molecular flexibility index (Phi) is 43.5. The van der Waals surface area contributed by atoms with Crippen LogP contribution in [0.4, 0.5) is 4.79 Å². The Balaban J connectivity index is 1.53. The van der Waals surface area contributed by atoms with Gasteiger partial charge in [-0.05, 0) is 171 Å². The molecule has 2 heterocycles. The number of aliphatic hydroxyl groups is 2. The average Bonchev–Trinajstić information content (AvgIpc) is 1.77. The maximum Gasteiger partial charge on any atom is 0.312 e. The molecular weight excluding hydrogens is 1760 g/mol. The summed E-state index contributed by atoms with van der Waals surface area (Å²) in [5.74, 6) is -14.7. The first-order valence-electron chi connectivity index (χ1n) is 44.1.